The van der Waals surface area contributed by atoms with Gasteiger partial charge in [-0.2, -0.15) is 0 Å². The van der Waals surface area contributed by atoms with E-state index in [4.69, 9.17) is 4.74 Å². The molecule has 3 aromatic carbocycles. The quantitative estimate of drug-likeness (QED) is 0.562. The third-order valence-electron chi connectivity index (χ3n) is 5.56. The van der Waals surface area contributed by atoms with Gasteiger partial charge in [-0.3, -0.25) is 14.4 Å². The zero-order valence-electron chi connectivity index (χ0n) is 17.9. The Morgan fingerprint density at radius 1 is 0.941 bits per heavy atom. The second-order valence-electron chi connectivity index (χ2n) is 7.69. The first-order chi connectivity index (χ1) is 16.3. The van der Waals surface area contributed by atoms with E-state index in [1.165, 1.54) is 30.3 Å². The maximum atomic E-state index is 13.0. The molecule has 3 aromatic rings. The molecule has 2 aliphatic heterocycles. The van der Waals surface area contributed by atoms with Gasteiger partial charge >= 0.3 is 0 Å². The number of hydrogen-bond donors (Lipinski definition) is 1. The van der Waals surface area contributed by atoms with Crippen LogP contribution in [0.25, 0.3) is 6.08 Å². The fourth-order valence-electron chi connectivity index (χ4n) is 3.91. The lowest BCUT2D eigenvalue weighted by Crippen LogP contribution is -2.29. The summed E-state index contributed by atoms with van der Waals surface area (Å²) in [5.41, 5.74) is 1.73. The van der Waals surface area contributed by atoms with Gasteiger partial charge in [0.1, 0.15) is 5.75 Å². The Labute approximate surface area is 195 Å². The van der Waals surface area contributed by atoms with Crippen molar-refractivity contribution in [3.8, 4) is 5.75 Å². The molecule has 3 amide bonds. The average Bonchev–Trinajstić information content (AvgIpc) is 3.26. The highest BCUT2D eigenvalue weighted by Crippen LogP contribution is 2.32. The largest absolute Gasteiger partial charge is 0.494 e. The second kappa shape index (κ2) is 7.96. The van der Waals surface area contributed by atoms with Crippen LogP contribution >= 0.6 is 0 Å². The monoisotopic (exact) mass is 474 g/mol. The van der Waals surface area contributed by atoms with Gasteiger partial charge in [-0.05, 0) is 73.2 Å². The van der Waals surface area contributed by atoms with Crippen LogP contribution < -0.4 is 15.0 Å². The van der Waals surface area contributed by atoms with E-state index < -0.39 is 27.6 Å². The summed E-state index contributed by atoms with van der Waals surface area (Å²) in [5.74, 6) is -0.927. The normalized spacial score (nSPS) is 15.3. The van der Waals surface area contributed by atoms with Crippen LogP contribution in [-0.4, -0.2) is 32.7 Å². The zero-order valence-corrected chi connectivity index (χ0v) is 18.8. The SMILES string of the molecule is CCOc1ccc(N2C(=O)c3ccc(C(=O)Nc4ccc5c(c4)S(=O)(=O)C=C5)cc3C2=O)cc1. The molecule has 9 heteroatoms. The highest BCUT2D eigenvalue weighted by atomic mass is 32.2. The van der Waals surface area contributed by atoms with Gasteiger partial charge in [0.2, 0.25) is 9.84 Å². The van der Waals surface area contributed by atoms with Gasteiger partial charge in [-0.1, -0.05) is 6.07 Å². The number of carbonyl (C=O) groups excluding carboxylic acids is 3. The van der Waals surface area contributed by atoms with E-state index in [1.807, 2.05) is 6.92 Å². The van der Waals surface area contributed by atoms with Crippen molar-refractivity contribution in [3.63, 3.8) is 0 Å². The highest BCUT2D eigenvalue weighted by Gasteiger charge is 2.37. The molecule has 0 atom stereocenters. The summed E-state index contributed by atoms with van der Waals surface area (Å²) in [6, 6.07) is 15.4. The van der Waals surface area contributed by atoms with Crippen LogP contribution in [0, 0.1) is 0 Å². The van der Waals surface area contributed by atoms with Crippen LogP contribution in [-0.2, 0) is 9.84 Å². The van der Waals surface area contributed by atoms with Crippen LogP contribution in [0.15, 0.2) is 71.0 Å². The molecule has 1 N–H and O–H groups in total. The molecule has 34 heavy (non-hydrogen) atoms. The summed E-state index contributed by atoms with van der Waals surface area (Å²) in [7, 11) is -3.52. The molecule has 0 saturated heterocycles. The summed E-state index contributed by atoms with van der Waals surface area (Å²) in [6.45, 7) is 2.35. The first kappa shape index (κ1) is 21.6. The molecule has 0 unspecified atom stereocenters. The Hall–Kier alpha value is -4.24. The highest BCUT2D eigenvalue weighted by molar-refractivity contribution is 7.94. The maximum Gasteiger partial charge on any atom is 0.266 e. The van der Waals surface area contributed by atoms with Gasteiger partial charge in [0.25, 0.3) is 17.7 Å². The zero-order chi connectivity index (χ0) is 24.0. The minimum atomic E-state index is -3.52. The number of imide groups is 1. The lowest BCUT2D eigenvalue weighted by molar-refractivity contribution is 0.0925. The molecule has 0 spiro atoms. The number of hydrogen-bond acceptors (Lipinski definition) is 6. The molecule has 2 aliphatic rings. The molecule has 0 fully saturated rings. The molecular weight excluding hydrogens is 456 g/mol. The van der Waals surface area contributed by atoms with Crippen LogP contribution in [0.1, 0.15) is 43.6 Å². The van der Waals surface area contributed by atoms with Crippen molar-refractivity contribution in [2.75, 3.05) is 16.8 Å². The Balaban J connectivity index is 1.39. The third-order valence-corrected chi connectivity index (χ3v) is 7.02. The van der Waals surface area contributed by atoms with E-state index in [0.717, 1.165) is 10.3 Å². The van der Waals surface area contributed by atoms with Crippen molar-refractivity contribution < 1.29 is 27.5 Å². The number of benzene rings is 3. The average molecular weight is 474 g/mol. The van der Waals surface area contributed by atoms with E-state index in [-0.39, 0.29) is 21.6 Å². The van der Waals surface area contributed by atoms with Crippen LogP contribution in [0.5, 0.6) is 5.75 Å². The Morgan fingerprint density at radius 3 is 2.41 bits per heavy atom. The van der Waals surface area contributed by atoms with Gasteiger partial charge in [0.05, 0.1) is 28.3 Å². The van der Waals surface area contributed by atoms with E-state index >= 15 is 0 Å². The molecule has 0 aliphatic carbocycles. The minimum Gasteiger partial charge on any atom is -0.494 e. The fourth-order valence-corrected chi connectivity index (χ4v) is 5.14. The smallest absolute Gasteiger partial charge is 0.266 e. The molecule has 0 bridgehead atoms. The number of anilines is 2. The van der Waals surface area contributed by atoms with Gasteiger partial charge in [-0.15, -0.1) is 0 Å². The number of rotatable bonds is 5. The number of sulfone groups is 1. The standard InChI is InChI=1S/C25H18N2O6S/c1-2-33-19-8-6-18(7-9-19)27-24(29)20-10-4-16(13-21(20)25(27)30)23(28)26-17-5-3-15-11-12-34(31,32)22(15)14-17/h3-14H,2H2,1H3,(H,26,28). The number of carbonyl (C=O) groups is 3. The molecular formula is C25H18N2O6S. The minimum absolute atomic E-state index is 0.117. The van der Waals surface area contributed by atoms with Crippen molar-refractivity contribution in [1.82, 2.24) is 0 Å². The fraction of sp³-hybridized carbons (Fsp3) is 0.0800. The van der Waals surface area contributed by atoms with Crippen molar-refractivity contribution in [2.45, 2.75) is 11.8 Å². The number of fused-ring (bicyclic) bond motifs is 2. The molecule has 170 valence electrons. The predicted octanol–water partition coefficient (Wildman–Crippen LogP) is 3.90. The molecule has 0 radical (unpaired) electrons. The number of ether oxygens (including phenoxy) is 1. The van der Waals surface area contributed by atoms with Crippen molar-refractivity contribution in [3.05, 3.63) is 88.3 Å². The lowest BCUT2D eigenvalue weighted by Gasteiger charge is -2.14. The van der Waals surface area contributed by atoms with Crippen molar-refractivity contribution in [2.24, 2.45) is 0 Å². The molecule has 0 aromatic heterocycles. The first-order valence-electron chi connectivity index (χ1n) is 10.4. The van der Waals surface area contributed by atoms with Crippen LogP contribution in [0.3, 0.4) is 0 Å². The number of nitrogens with zero attached hydrogens (tertiary/aromatic N) is 1. The Morgan fingerprint density at radius 2 is 1.68 bits per heavy atom. The van der Waals surface area contributed by atoms with Crippen molar-refractivity contribution >= 4 is 45.0 Å². The summed E-state index contributed by atoms with van der Waals surface area (Å²) >= 11 is 0. The molecule has 5 rings (SSSR count). The summed E-state index contributed by atoms with van der Waals surface area (Å²) in [5, 5.41) is 3.76. The van der Waals surface area contributed by atoms with Gasteiger partial charge in [-0.25, -0.2) is 13.3 Å². The van der Waals surface area contributed by atoms with Gasteiger partial charge < -0.3 is 10.1 Å². The molecule has 8 nitrogen and oxygen atoms in total. The third kappa shape index (κ3) is 3.56. The van der Waals surface area contributed by atoms with Gasteiger partial charge in [0.15, 0.2) is 0 Å². The summed E-state index contributed by atoms with van der Waals surface area (Å²) in [6.07, 6.45) is 1.50. The Kier molecular flexibility index (Phi) is 5.06. The lowest BCUT2D eigenvalue weighted by atomic mass is 10.1. The van der Waals surface area contributed by atoms with E-state index in [1.54, 1.807) is 36.4 Å². The summed E-state index contributed by atoms with van der Waals surface area (Å²) in [4.78, 5) is 39.9. The topological polar surface area (TPSA) is 110 Å². The predicted molar refractivity (Wildman–Crippen MR) is 126 cm³/mol. The summed E-state index contributed by atoms with van der Waals surface area (Å²) < 4.78 is 29.5. The Bertz CT molecular complexity index is 1510. The van der Waals surface area contributed by atoms with Gasteiger partial charge in [0, 0.05) is 16.7 Å². The number of nitrogens with one attached hydrogen (secondary N) is 1. The van der Waals surface area contributed by atoms with Crippen molar-refractivity contribution in [1.29, 1.82) is 0 Å². The van der Waals surface area contributed by atoms with E-state index in [2.05, 4.69) is 5.32 Å². The molecule has 2 heterocycles. The second-order valence-corrected chi connectivity index (χ2v) is 9.49. The van der Waals surface area contributed by atoms with Crippen LogP contribution in [0.4, 0.5) is 11.4 Å². The van der Waals surface area contributed by atoms with E-state index in [9.17, 15) is 22.8 Å². The van der Waals surface area contributed by atoms with Crippen LogP contribution in [0.2, 0.25) is 0 Å². The molecule has 0 saturated carbocycles. The maximum absolute atomic E-state index is 13.0. The van der Waals surface area contributed by atoms with E-state index in [0.29, 0.717) is 29.3 Å². The first-order valence-corrected chi connectivity index (χ1v) is 12.0. The number of amides is 3.